The van der Waals surface area contributed by atoms with Crippen molar-refractivity contribution in [1.29, 1.82) is 0 Å². The second kappa shape index (κ2) is 6.19. The molecule has 0 saturated carbocycles. The molecule has 7 heteroatoms. The Labute approximate surface area is 154 Å². The summed E-state index contributed by atoms with van der Waals surface area (Å²) >= 11 is 0. The van der Waals surface area contributed by atoms with Gasteiger partial charge in [0.15, 0.2) is 5.78 Å². The van der Waals surface area contributed by atoms with Crippen LogP contribution in [0.2, 0.25) is 0 Å². The first-order chi connectivity index (χ1) is 12.9. The van der Waals surface area contributed by atoms with E-state index in [1.54, 1.807) is 14.2 Å². The van der Waals surface area contributed by atoms with E-state index in [0.29, 0.717) is 35.0 Å². The van der Waals surface area contributed by atoms with Crippen LogP contribution in [0.25, 0.3) is 11.0 Å². The molecule has 1 aliphatic carbocycles. The van der Waals surface area contributed by atoms with Crippen molar-refractivity contribution in [2.75, 3.05) is 7.11 Å². The van der Waals surface area contributed by atoms with Crippen LogP contribution in [0, 0.1) is 0 Å². The van der Waals surface area contributed by atoms with Gasteiger partial charge in [0.25, 0.3) is 5.56 Å². The van der Waals surface area contributed by atoms with Crippen LogP contribution in [-0.2, 0) is 20.5 Å². The molecule has 0 saturated heterocycles. The summed E-state index contributed by atoms with van der Waals surface area (Å²) in [4.78, 5) is 42.0. The molecule has 2 aromatic heterocycles. The van der Waals surface area contributed by atoms with Crippen LogP contribution in [-0.4, -0.2) is 27.0 Å². The van der Waals surface area contributed by atoms with Crippen LogP contribution < -0.4 is 16.0 Å². The van der Waals surface area contributed by atoms with E-state index in [1.165, 1.54) is 17.8 Å². The summed E-state index contributed by atoms with van der Waals surface area (Å²) in [6, 6.07) is 7.61. The highest BCUT2D eigenvalue weighted by Gasteiger charge is 2.30. The zero-order chi connectivity index (χ0) is 19.3. The Morgan fingerprint density at radius 3 is 2.41 bits per heavy atom. The molecule has 3 aromatic rings. The number of carbonyl (C=O) groups is 1. The fourth-order valence-electron chi connectivity index (χ4n) is 3.80. The SMILES string of the molecule is COc1ccc([C@H]2CC(=O)c3cnc4c(c3C2)c(=O)n(C)c(=O)n4C)cc1. The largest absolute Gasteiger partial charge is 0.497 e. The third-order valence-corrected chi connectivity index (χ3v) is 5.35. The van der Waals surface area contributed by atoms with Gasteiger partial charge in [-0.1, -0.05) is 12.1 Å². The summed E-state index contributed by atoms with van der Waals surface area (Å²) in [6.45, 7) is 0. The molecular formula is C20H19N3O4. The second-order valence-electron chi connectivity index (χ2n) is 6.86. The smallest absolute Gasteiger partial charge is 0.332 e. The van der Waals surface area contributed by atoms with E-state index in [4.69, 9.17) is 4.74 Å². The van der Waals surface area contributed by atoms with Crippen molar-refractivity contribution in [2.45, 2.75) is 18.8 Å². The van der Waals surface area contributed by atoms with E-state index >= 15 is 0 Å². The Hall–Kier alpha value is -3.22. The number of nitrogens with zero attached hydrogens (tertiary/aromatic N) is 3. The number of carbonyl (C=O) groups excluding carboxylic acids is 1. The number of methoxy groups -OCH3 is 1. The zero-order valence-corrected chi connectivity index (χ0v) is 15.4. The lowest BCUT2D eigenvalue weighted by atomic mass is 9.79. The van der Waals surface area contributed by atoms with Crippen LogP contribution in [0.5, 0.6) is 5.75 Å². The molecule has 1 aliphatic rings. The topological polar surface area (TPSA) is 83.2 Å². The maximum atomic E-state index is 12.8. The maximum Gasteiger partial charge on any atom is 0.332 e. The number of pyridine rings is 1. The Kier molecular flexibility index (Phi) is 3.95. The van der Waals surface area contributed by atoms with E-state index in [2.05, 4.69) is 4.98 Å². The molecule has 1 aromatic carbocycles. The number of Topliss-reactive ketones (excluding diaryl/α,β-unsaturated/α-hetero) is 1. The van der Waals surface area contributed by atoms with Crippen molar-refractivity contribution in [2.24, 2.45) is 14.1 Å². The van der Waals surface area contributed by atoms with Crippen molar-refractivity contribution in [3.8, 4) is 5.75 Å². The summed E-state index contributed by atoms with van der Waals surface area (Å²) in [6.07, 6.45) is 2.39. The zero-order valence-electron chi connectivity index (χ0n) is 15.4. The van der Waals surface area contributed by atoms with Gasteiger partial charge >= 0.3 is 5.69 Å². The molecule has 0 radical (unpaired) electrons. The number of rotatable bonds is 2. The molecule has 7 nitrogen and oxygen atoms in total. The third-order valence-electron chi connectivity index (χ3n) is 5.35. The molecule has 0 aliphatic heterocycles. The average Bonchev–Trinajstić information content (AvgIpc) is 2.69. The van der Waals surface area contributed by atoms with Gasteiger partial charge in [-0.3, -0.25) is 18.7 Å². The second-order valence-corrected chi connectivity index (χ2v) is 6.86. The first-order valence-electron chi connectivity index (χ1n) is 8.67. The van der Waals surface area contributed by atoms with Gasteiger partial charge in [-0.25, -0.2) is 9.78 Å². The Bertz CT molecular complexity index is 1190. The van der Waals surface area contributed by atoms with Gasteiger partial charge in [-0.2, -0.15) is 0 Å². The van der Waals surface area contributed by atoms with E-state index in [9.17, 15) is 14.4 Å². The highest BCUT2D eigenvalue weighted by Crippen LogP contribution is 2.35. The predicted molar refractivity (Wildman–Crippen MR) is 101 cm³/mol. The number of hydrogen-bond acceptors (Lipinski definition) is 5. The Morgan fingerprint density at radius 2 is 1.74 bits per heavy atom. The van der Waals surface area contributed by atoms with Crippen molar-refractivity contribution in [3.63, 3.8) is 0 Å². The van der Waals surface area contributed by atoms with Gasteiger partial charge in [0, 0.05) is 32.3 Å². The highest BCUT2D eigenvalue weighted by atomic mass is 16.5. The highest BCUT2D eigenvalue weighted by molar-refractivity contribution is 6.02. The number of aromatic nitrogens is 3. The number of benzene rings is 1. The Balaban J connectivity index is 1.92. The molecule has 0 unspecified atom stereocenters. The van der Waals surface area contributed by atoms with Gasteiger partial charge in [-0.15, -0.1) is 0 Å². The maximum absolute atomic E-state index is 12.8. The van der Waals surface area contributed by atoms with Gasteiger partial charge in [0.1, 0.15) is 11.4 Å². The van der Waals surface area contributed by atoms with Crippen LogP contribution in [0.15, 0.2) is 40.1 Å². The Morgan fingerprint density at radius 1 is 1.04 bits per heavy atom. The lowest BCUT2D eigenvalue weighted by molar-refractivity contribution is 0.0964. The van der Waals surface area contributed by atoms with E-state index in [-0.39, 0.29) is 11.7 Å². The van der Waals surface area contributed by atoms with E-state index in [0.717, 1.165) is 15.9 Å². The molecule has 0 fully saturated rings. The third kappa shape index (κ3) is 2.58. The quantitative estimate of drug-likeness (QED) is 0.688. The standard InChI is InChI=1S/C20H19N3O4/c1-22-18-17(19(25)23(2)20(22)26)14-8-12(9-16(24)15(14)10-21-18)11-4-6-13(27-3)7-5-11/h4-7,10,12H,8-9H2,1-3H3/t12-/m1/s1. The minimum atomic E-state index is -0.436. The predicted octanol–water partition coefficient (Wildman–Crippen LogP) is 1.55. The molecule has 138 valence electrons. The molecular weight excluding hydrogens is 346 g/mol. The van der Waals surface area contributed by atoms with Gasteiger partial charge in [-0.05, 0) is 35.6 Å². The van der Waals surface area contributed by atoms with Gasteiger partial charge in [0.05, 0.1) is 12.5 Å². The van der Waals surface area contributed by atoms with Crippen LogP contribution in [0.4, 0.5) is 0 Å². The summed E-state index contributed by atoms with van der Waals surface area (Å²) in [5, 5.41) is 0.351. The number of hydrogen-bond donors (Lipinski definition) is 0. The van der Waals surface area contributed by atoms with Crippen molar-refractivity contribution >= 4 is 16.8 Å². The van der Waals surface area contributed by atoms with Crippen LogP contribution in [0.1, 0.15) is 33.8 Å². The van der Waals surface area contributed by atoms with Crippen LogP contribution >= 0.6 is 0 Å². The number of aryl methyl sites for hydroxylation is 1. The average molecular weight is 365 g/mol. The summed E-state index contributed by atoms with van der Waals surface area (Å²) in [5.41, 5.74) is 1.62. The number of fused-ring (bicyclic) bond motifs is 3. The lowest BCUT2D eigenvalue weighted by Gasteiger charge is -2.25. The molecule has 1 atom stereocenters. The molecule has 0 N–H and O–H groups in total. The van der Waals surface area contributed by atoms with Crippen molar-refractivity contribution in [1.82, 2.24) is 14.1 Å². The van der Waals surface area contributed by atoms with E-state index in [1.807, 2.05) is 24.3 Å². The first-order valence-corrected chi connectivity index (χ1v) is 8.67. The monoisotopic (exact) mass is 365 g/mol. The fourth-order valence-corrected chi connectivity index (χ4v) is 3.80. The summed E-state index contributed by atoms with van der Waals surface area (Å²) < 4.78 is 7.60. The minimum absolute atomic E-state index is 0.0385. The normalized spacial score (nSPS) is 16.4. The molecule has 0 amide bonds. The molecule has 4 rings (SSSR count). The fraction of sp³-hybridized carbons (Fsp3) is 0.300. The molecule has 27 heavy (non-hydrogen) atoms. The van der Waals surface area contributed by atoms with Gasteiger partial charge in [0.2, 0.25) is 0 Å². The molecule has 2 heterocycles. The van der Waals surface area contributed by atoms with Crippen LogP contribution in [0.3, 0.4) is 0 Å². The molecule has 0 spiro atoms. The van der Waals surface area contributed by atoms with E-state index < -0.39 is 11.2 Å². The van der Waals surface area contributed by atoms with Crippen molar-refractivity contribution < 1.29 is 9.53 Å². The lowest BCUT2D eigenvalue weighted by Crippen LogP contribution is -2.38. The van der Waals surface area contributed by atoms with Gasteiger partial charge < -0.3 is 4.74 Å². The number of ketones is 1. The summed E-state index contributed by atoms with van der Waals surface area (Å²) in [5.74, 6) is 0.672. The number of ether oxygens (including phenoxy) is 1. The summed E-state index contributed by atoms with van der Waals surface area (Å²) in [7, 11) is 4.62. The van der Waals surface area contributed by atoms with Crippen molar-refractivity contribution in [3.05, 3.63) is 68.0 Å². The molecule has 0 bridgehead atoms. The first kappa shape index (κ1) is 17.2. The minimum Gasteiger partial charge on any atom is -0.497 e.